The van der Waals surface area contributed by atoms with Crippen LogP contribution in [0.3, 0.4) is 0 Å². The molecule has 1 aromatic heterocycles. The van der Waals surface area contributed by atoms with E-state index in [1.54, 1.807) is 11.1 Å². The number of carbonyl (C=O) groups is 3. The molecule has 0 unspecified atom stereocenters. The summed E-state index contributed by atoms with van der Waals surface area (Å²) in [6.07, 6.45) is -0.102. The number of piperidine rings is 1. The van der Waals surface area contributed by atoms with Crippen molar-refractivity contribution in [2.24, 2.45) is 0 Å². The van der Waals surface area contributed by atoms with Crippen molar-refractivity contribution in [1.82, 2.24) is 14.4 Å². The smallest absolute Gasteiger partial charge is 0.407 e. The van der Waals surface area contributed by atoms with Crippen LogP contribution >= 0.6 is 0 Å². The Morgan fingerprint density at radius 2 is 1.97 bits per heavy atom. The largest absolute Gasteiger partial charge is 0.465 e. The van der Waals surface area contributed by atoms with Gasteiger partial charge in [0.2, 0.25) is 5.91 Å². The number of ether oxygens (including phenoxy) is 1. The van der Waals surface area contributed by atoms with Crippen molar-refractivity contribution in [3.63, 3.8) is 0 Å². The van der Waals surface area contributed by atoms with Crippen molar-refractivity contribution < 1.29 is 28.6 Å². The summed E-state index contributed by atoms with van der Waals surface area (Å²) >= 11 is 0. The third-order valence-corrected chi connectivity index (χ3v) is 8.40. The molecule has 0 spiro atoms. The van der Waals surface area contributed by atoms with Gasteiger partial charge in [-0.1, -0.05) is 25.7 Å². The molecule has 3 heterocycles. The zero-order valence-electron chi connectivity index (χ0n) is 20.4. The zero-order chi connectivity index (χ0) is 25.3. The maximum atomic E-state index is 14.9. The van der Waals surface area contributed by atoms with Crippen molar-refractivity contribution >= 4 is 42.7 Å². The Morgan fingerprint density at radius 3 is 2.66 bits per heavy atom. The minimum absolute atomic E-state index is 0.0681. The molecule has 2 saturated heterocycles. The lowest BCUT2D eigenvalue weighted by Crippen LogP contribution is -2.53. The van der Waals surface area contributed by atoms with Gasteiger partial charge in [0.1, 0.15) is 12.9 Å². The molecular weight excluding hydrogens is 471 g/mol. The second-order valence-corrected chi connectivity index (χ2v) is 16.0. The number of carbonyl (C=O) groups excluding carboxylic acids is 2. The number of halogens is 1. The molecule has 9 nitrogen and oxygen atoms in total. The zero-order valence-corrected chi connectivity index (χ0v) is 21.4. The number of fused-ring (bicyclic) bond motifs is 1. The highest BCUT2D eigenvalue weighted by Crippen LogP contribution is 2.35. The molecule has 2 atom stereocenters. The molecule has 35 heavy (non-hydrogen) atoms. The molecule has 0 saturated carbocycles. The van der Waals surface area contributed by atoms with Crippen molar-refractivity contribution in [1.29, 1.82) is 0 Å². The number of amides is 4. The number of urea groups is 1. The molecule has 1 N–H and O–H groups in total. The molecule has 0 bridgehead atoms. The Balaban J connectivity index is 1.53. The van der Waals surface area contributed by atoms with Crippen LogP contribution in [-0.4, -0.2) is 84.7 Å². The van der Waals surface area contributed by atoms with E-state index in [1.807, 2.05) is 28.8 Å². The number of likely N-dealkylation sites (tertiary alicyclic amines) is 1. The highest BCUT2D eigenvalue weighted by atomic mass is 28.3. The van der Waals surface area contributed by atoms with Crippen molar-refractivity contribution in [3.05, 3.63) is 30.5 Å². The topological polar surface area (TPSA) is 95.3 Å². The van der Waals surface area contributed by atoms with Crippen molar-refractivity contribution in [2.75, 3.05) is 37.9 Å². The number of hydrogen-bond acceptors (Lipinski definition) is 4. The number of imide groups is 1. The van der Waals surface area contributed by atoms with Gasteiger partial charge in [-0.05, 0) is 30.7 Å². The molecule has 2 aliphatic rings. The minimum atomic E-state index is -1.34. The van der Waals surface area contributed by atoms with Gasteiger partial charge in [0, 0.05) is 45.8 Å². The Hall–Kier alpha value is -2.92. The number of hydrogen-bond donors (Lipinski definition) is 1. The van der Waals surface area contributed by atoms with Gasteiger partial charge in [0.05, 0.1) is 23.8 Å². The molecule has 1 aromatic carbocycles. The van der Waals surface area contributed by atoms with Crippen LogP contribution in [0.2, 0.25) is 25.7 Å². The van der Waals surface area contributed by atoms with Gasteiger partial charge in [-0.3, -0.25) is 9.69 Å². The molecule has 4 amide bonds. The Kier molecular flexibility index (Phi) is 7.18. The maximum Gasteiger partial charge on any atom is 0.407 e. The Bertz CT molecular complexity index is 1120. The highest BCUT2D eigenvalue weighted by molar-refractivity contribution is 6.76. The Labute approximate surface area is 205 Å². The second kappa shape index (κ2) is 9.98. The Morgan fingerprint density at radius 1 is 1.20 bits per heavy atom. The first kappa shape index (κ1) is 25.2. The molecular formula is C24H33FN4O5Si. The van der Waals surface area contributed by atoms with Crippen LogP contribution in [0.1, 0.15) is 18.9 Å². The van der Waals surface area contributed by atoms with Crippen LogP contribution in [0.25, 0.3) is 10.9 Å². The molecule has 2 aromatic rings. The van der Waals surface area contributed by atoms with Gasteiger partial charge in [-0.25, -0.2) is 18.9 Å². The average molecular weight is 505 g/mol. The lowest BCUT2D eigenvalue weighted by atomic mass is 10.0. The maximum absolute atomic E-state index is 14.9. The summed E-state index contributed by atoms with van der Waals surface area (Å²) in [6, 6.07) is 7.38. The SMILES string of the molecule is C[Si](C)(C)CCOCN1C(=O)CCN(c2cccc3c2ccn3[C@H]2CCN(C(=O)O)C[C@@H]2F)C1=O. The number of nitrogens with zero attached hydrogens (tertiary/aromatic N) is 4. The fourth-order valence-electron chi connectivity index (χ4n) is 4.65. The fraction of sp³-hybridized carbons (Fsp3) is 0.542. The molecule has 190 valence electrons. The number of anilines is 1. The second-order valence-electron chi connectivity index (χ2n) is 10.4. The molecule has 0 radical (unpaired) electrons. The normalized spacial score (nSPS) is 21.8. The van der Waals surface area contributed by atoms with Gasteiger partial charge >= 0.3 is 12.1 Å². The van der Waals surface area contributed by atoms with E-state index in [0.717, 1.165) is 26.7 Å². The summed E-state index contributed by atoms with van der Waals surface area (Å²) in [5, 5.41) is 9.95. The lowest BCUT2D eigenvalue weighted by molar-refractivity contribution is -0.133. The number of aromatic nitrogens is 1. The van der Waals surface area contributed by atoms with Gasteiger partial charge in [0.25, 0.3) is 0 Å². The van der Waals surface area contributed by atoms with Gasteiger partial charge < -0.3 is 19.3 Å². The molecule has 11 heteroatoms. The van der Waals surface area contributed by atoms with Gasteiger partial charge in [-0.2, -0.15) is 0 Å². The average Bonchev–Trinajstić information content (AvgIpc) is 3.22. The van der Waals surface area contributed by atoms with Crippen LogP contribution < -0.4 is 4.90 Å². The number of benzene rings is 1. The predicted octanol–water partition coefficient (Wildman–Crippen LogP) is 4.38. The van der Waals surface area contributed by atoms with Crippen LogP contribution in [0.5, 0.6) is 0 Å². The summed E-state index contributed by atoms with van der Waals surface area (Å²) in [5.41, 5.74) is 1.42. The van der Waals surface area contributed by atoms with E-state index in [4.69, 9.17) is 4.74 Å². The third kappa shape index (κ3) is 5.35. The van der Waals surface area contributed by atoms with E-state index in [9.17, 15) is 23.9 Å². The molecule has 2 aliphatic heterocycles. The van der Waals surface area contributed by atoms with Crippen LogP contribution in [0.4, 0.5) is 19.7 Å². The van der Waals surface area contributed by atoms with Crippen LogP contribution in [0.15, 0.2) is 30.5 Å². The number of rotatable bonds is 7. The number of alkyl halides is 1. The molecule has 0 aliphatic carbocycles. The van der Waals surface area contributed by atoms with E-state index in [-0.39, 0.29) is 38.7 Å². The first-order chi connectivity index (χ1) is 16.6. The van der Waals surface area contributed by atoms with Crippen LogP contribution in [-0.2, 0) is 9.53 Å². The van der Waals surface area contributed by atoms with Crippen LogP contribution in [0, 0.1) is 0 Å². The van der Waals surface area contributed by atoms with Gasteiger partial charge in [0.15, 0.2) is 0 Å². The standard InChI is InChI=1S/C24H33FN4O5Si/c1-35(2,3)14-13-34-16-29-22(30)9-12-28(23(29)31)20-6-4-5-19-17(20)7-11-27(19)21-8-10-26(24(32)33)15-18(21)25/h4-7,11,18,21H,8-10,12-16H2,1-3H3,(H,32,33)/t18-,21-/m0/s1. The summed E-state index contributed by atoms with van der Waals surface area (Å²) in [6.45, 7) is 7.51. The summed E-state index contributed by atoms with van der Waals surface area (Å²) in [5.74, 6) is -0.255. The lowest BCUT2D eigenvalue weighted by Gasteiger charge is -2.35. The van der Waals surface area contributed by atoms with E-state index in [0.29, 0.717) is 18.7 Å². The first-order valence-corrected chi connectivity index (χ1v) is 15.7. The quantitative estimate of drug-likeness (QED) is 0.446. The predicted molar refractivity (Wildman–Crippen MR) is 133 cm³/mol. The third-order valence-electron chi connectivity index (χ3n) is 6.69. The number of carboxylic acid groups (broad SMARTS) is 1. The van der Waals surface area contributed by atoms with E-state index in [1.165, 1.54) is 0 Å². The first-order valence-electron chi connectivity index (χ1n) is 12.0. The van der Waals surface area contributed by atoms with E-state index in [2.05, 4.69) is 19.6 Å². The van der Waals surface area contributed by atoms with Crippen molar-refractivity contribution in [3.8, 4) is 0 Å². The van der Waals surface area contributed by atoms with Crippen molar-refractivity contribution in [2.45, 2.75) is 50.7 Å². The van der Waals surface area contributed by atoms with Gasteiger partial charge in [-0.15, -0.1) is 0 Å². The van der Waals surface area contributed by atoms with E-state index >= 15 is 0 Å². The minimum Gasteiger partial charge on any atom is -0.465 e. The highest BCUT2D eigenvalue weighted by Gasteiger charge is 2.36. The monoisotopic (exact) mass is 504 g/mol. The molecule has 2 fully saturated rings. The molecule has 4 rings (SSSR count). The van der Waals surface area contributed by atoms with E-state index < -0.39 is 32.4 Å². The summed E-state index contributed by atoms with van der Waals surface area (Å²) < 4.78 is 22.5. The fourth-order valence-corrected chi connectivity index (χ4v) is 5.41. The summed E-state index contributed by atoms with van der Waals surface area (Å²) in [4.78, 5) is 40.8. The summed E-state index contributed by atoms with van der Waals surface area (Å²) in [7, 11) is -1.29.